The van der Waals surface area contributed by atoms with E-state index in [1.54, 1.807) is 0 Å². The first-order valence-electron chi connectivity index (χ1n) is 8.89. The smallest absolute Gasteiger partial charge is 0.276 e. The molecule has 1 heterocycles. The lowest BCUT2D eigenvalue weighted by atomic mass is 10.00. The molecule has 0 spiro atoms. The lowest BCUT2D eigenvalue weighted by Gasteiger charge is -2.05. The van der Waals surface area contributed by atoms with Crippen molar-refractivity contribution in [3.05, 3.63) is 101 Å². The van der Waals surface area contributed by atoms with E-state index in [2.05, 4.69) is 28.4 Å². The fraction of sp³-hybridized carbons (Fsp3) is 0.0870. The average molecular weight is 383 g/mol. The molecule has 4 rings (SSSR count). The molecule has 0 bridgehead atoms. The molecule has 0 unspecified atom stereocenters. The maximum atomic E-state index is 9.26. The molecule has 1 aromatic heterocycles. The van der Waals surface area contributed by atoms with Gasteiger partial charge in [-0.05, 0) is 28.3 Å². The van der Waals surface area contributed by atoms with Gasteiger partial charge in [-0.2, -0.15) is 5.26 Å². The predicted octanol–water partition coefficient (Wildman–Crippen LogP) is 5.49. The van der Waals surface area contributed by atoms with Crippen LogP contribution in [0.2, 0.25) is 0 Å². The average Bonchev–Trinajstić information content (AvgIpc) is 3.20. The topological polar surface area (TPSA) is 62.7 Å². The van der Waals surface area contributed by atoms with Gasteiger partial charge in [0.15, 0.2) is 0 Å². The number of nitrogens with zero attached hydrogens (tertiary/aromatic N) is 3. The zero-order chi connectivity index (χ0) is 19.2. The molecule has 136 valence electrons. The first-order valence-corrected chi connectivity index (χ1v) is 9.88. The zero-order valence-electron chi connectivity index (χ0n) is 15.1. The van der Waals surface area contributed by atoms with Crippen LogP contribution in [-0.4, -0.2) is 10.2 Å². The molecule has 3 aromatic carbocycles. The maximum absolute atomic E-state index is 9.26. The van der Waals surface area contributed by atoms with Gasteiger partial charge in [0.2, 0.25) is 5.89 Å². The molecule has 4 aromatic rings. The van der Waals surface area contributed by atoms with Gasteiger partial charge < -0.3 is 4.42 Å². The number of aromatic nitrogens is 2. The fourth-order valence-electron chi connectivity index (χ4n) is 2.90. The molecular formula is C23H17N3OS. The molecule has 28 heavy (non-hydrogen) atoms. The Labute approximate surface area is 167 Å². The summed E-state index contributed by atoms with van der Waals surface area (Å²) in [7, 11) is 0. The molecule has 0 N–H and O–H groups in total. The number of benzene rings is 3. The van der Waals surface area contributed by atoms with E-state index in [9.17, 15) is 5.26 Å². The maximum Gasteiger partial charge on any atom is 0.276 e. The van der Waals surface area contributed by atoms with Crippen LogP contribution >= 0.6 is 11.8 Å². The lowest BCUT2D eigenvalue weighted by molar-refractivity contribution is 0.420. The Morgan fingerprint density at radius 1 is 0.821 bits per heavy atom. The highest BCUT2D eigenvalue weighted by molar-refractivity contribution is 7.98. The van der Waals surface area contributed by atoms with Gasteiger partial charge in [0.05, 0.1) is 18.1 Å². The van der Waals surface area contributed by atoms with Gasteiger partial charge in [0, 0.05) is 5.75 Å². The Morgan fingerprint density at radius 3 is 2.36 bits per heavy atom. The van der Waals surface area contributed by atoms with E-state index in [-0.39, 0.29) is 0 Å². The van der Waals surface area contributed by atoms with Gasteiger partial charge in [-0.25, -0.2) is 0 Å². The fourth-order valence-corrected chi connectivity index (χ4v) is 3.63. The molecule has 0 fully saturated rings. The number of hydrogen-bond acceptors (Lipinski definition) is 5. The van der Waals surface area contributed by atoms with Gasteiger partial charge in [0.25, 0.3) is 5.22 Å². The molecule has 0 saturated carbocycles. The van der Waals surface area contributed by atoms with E-state index >= 15 is 0 Å². The predicted molar refractivity (Wildman–Crippen MR) is 110 cm³/mol. The summed E-state index contributed by atoms with van der Waals surface area (Å²) in [4.78, 5) is 0. The van der Waals surface area contributed by atoms with Crippen molar-refractivity contribution in [2.45, 2.75) is 17.4 Å². The van der Waals surface area contributed by atoms with E-state index in [0.29, 0.717) is 23.1 Å². The first kappa shape index (κ1) is 18.0. The van der Waals surface area contributed by atoms with Crippen molar-refractivity contribution in [1.29, 1.82) is 5.26 Å². The third-order valence-corrected chi connectivity index (χ3v) is 5.21. The van der Waals surface area contributed by atoms with Crippen molar-refractivity contribution in [1.82, 2.24) is 10.2 Å². The zero-order valence-corrected chi connectivity index (χ0v) is 15.9. The minimum Gasteiger partial charge on any atom is -0.416 e. The minimum atomic E-state index is 0.574. The summed E-state index contributed by atoms with van der Waals surface area (Å²) in [5.74, 6) is 1.37. The Hall–Kier alpha value is -3.36. The van der Waals surface area contributed by atoms with Crippen molar-refractivity contribution in [2.24, 2.45) is 0 Å². The Kier molecular flexibility index (Phi) is 5.51. The van der Waals surface area contributed by atoms with Crippen molar-refractivity contribution < 1.29 is 4.42 Å². The quantitative estimate of drug-likeness (QED) is 0.412. The summed E-state index contributed by atoms with van der Waals surface area (Å²) in [6.07, 6.45) is 0.640. The number of hydrogen-bond donors (Lipinski definition) is 0. The largest absolute Gasteiger partial charge is 0.416 e. The lowest BCUT2D eigenvalue weighted by Crippen LogP contribution is -1.87. The Balaban J connectivity index is 1.39. The van der Waals surface area contributed by atoms with Crippen LogP contribution < -0.4 is 0 Å². The standard InChI is InChI=1S/C23H17N3OS/c24-15-20-8-4-5-9-21(20)19-12-10-18(11-13-19)16-28-23-26-25-22(27-23)14-17-6-2-1-3-7-17/h1-13H,14,16H2. The SMILES string of the molecule is N#Cc1ccccc1-c1ccc(CSc2nnc(Cc3ccccc3)o2)cc1. The van der Waals surface area contributed by atoms with Crippen LogP contribution in [-0.2, 0) is 12.2 Å². The molecular weight excluding hydrogens is 366 g/mol. The van der Waals surface area contributed by atoms with Crippen LogP contribution in [0.1, 0.15) is 22.6 Å². The minimum absolute atomic E-state index is 0.574. The Bertz CT molecular complexity index is 1100. The first-order chi connectivity index (χ1) is 13.8. The van der Waals surface area contributed by atoms with Crippen molar-refractivity contribution in [3.8, 4) is 17.2 Å². The van der Waals surface area contributed by atoms with Gasteiger partial charge in [-0.1, -0.05) is 84.6 Å². The molecule has 4 nitrogen and oxygen atoms in total. The normalized spacial score (nSPS) is 10.5. The molecule has 0 aliphatic heterocycles. The van der Waals surface area contributed by atoms with Gasteiger partial charge in [-0.3, -0.25) is 0 Å². The second-order valence-corrected chi connectivity index (χ2v) is 7.19. The van der Waals surface area contributed by atoms with E-state index in [1.165, 1.54) is 11.8 Å². The van der Waals surface area contributed by atoms with Crippen LogP contribution in [0, 0.1) is 11.3 Å². The third-order valence-electron chi connectivity index (χ3n) is 4.32. The van der Waals surface area contributed by atoms with E-state index < -0.39 is 0 Å². The summed E-state index contributed by atoms with van der Waals surface area (Å²) < 4.78 is 5.74. The van der Waals surface area contributed by atoms with E-state index in [0.717, 1.165) is 28.0 Å². The van der Waals surface area contributed by atoms with Crippen molar-refractivity contribution in [2.75, 3.05) is 0 Å². The summed E-state index contributed by atoms with van der Waals surface area (Å²) in [6.45, 7) is 0. The van der Waals surface area contributed by atoms with Gasteiger partial charge >= 0.3 is 0 Å². The number of thioether (sulfide) groups is 1. The molecule has 0 aliphatic carbocycles. The molecule has 0 aliphatic rings. The van der Waals surface area contributed by atoms with Crippen LogP contribution in [0.4, 0.5) is 0 Å². The van der Waals surface area contributed by atoms with E-state index in [4.69, 9.17) is 4.42 Å². The molecule has 0 atom stereocenters. The van der Waals surface area contributed by atoms with Crippen LogP contribution in [0.25, 0.3) is 11.1 Å². The van der Waals surface area contributed by atoms with Gasteiger partial charge in [-0.15, -0.1) is 10.2 Å². The molecule has 0 saturated heterocycles. The summed E-state index contributed by atoms with van der Waals surface area (Å²) in [5, 5.41) is 18.1. The molecule has 0 radical (unpaired) electrons. The van der Waals surface area contributed by atoms with E-state index in [1.807, 2.05) is 66.7 Å². The van der Waals surface area contributed by atoms with Crippen LogP contribution in [0.5, 0.6) is 0 Å². The summed E-state index contributed by atoms with van der Waals surface area (Å²) in [5.41, 5.74) is 4.98. The van der Waals surface area contributed by atoms with Crippen LogP contribution in [0.15, 0.2) is 88.5 Å². The number of nitriles is 1. The second-order valence-electron chi connectivity index (χ2n) is 6.27. The Morgan fingerprint density at radius 2 is 1.57 bits per heavy atom. The third kappa shape index (κ3) is 4.30. The highest BCUT2D eigenvalue weighted by Crippen LogP contribution is 2.26. The summed E-state index contributed by atoms with van der Waals surface area (Å²) >= 11 is 1.52. The highest BCUT2D eigenvalue weighted by atomic mass is 32.2. The highest BCUT2D eigenvalue weighted by Gasteiger charge is 2.09. The van der Waals surface area contributed by atoms with Gasteiger partial charge in [0.1, 0.15) is 0 Å². The second kappa shape index (κ2) is 8.55. The summed E-state index contributed by atoms with van der Waals surface area (Å²) in [6, 6.07) is 28.2. The molecule has 5 heteroatoms. The van der Waals surface area contributed by atoms with Crippen molar-refractivity contribution >= 4 is 11.8 Å². The monoisotopic (exact) mass is 383 g/mol. The molecule has 0 amide bonds. The number of rotatable bonds is 6. The van der Waals surface area contributed by atoms with Crippen LogP contribution in [0.3, 0.4) is 0 Å². The van der Waals surface area contributed by atoms with Crippen molar-refractivity contribution in [3.63, 3.8) is 0 Å².